The van der Waals surface area contributed by atoms with Crippen LogP contribution in [0.15, 0.2) is 23.4 Å². The third-order valence-electron chi connectivity index (χ3n) is 3.94. The van der Waals surface area contributed by atoms with Gasteiger partial charge in [-0.05, 0) is 25.1 Å². The molecule has 0 saturated carbocycles. The van der Waals surface area contributed by atoms with Gasteiger partial charge in [0.1, 0.15) is 6.17 Å². The van der Waals surface area contributed by atoms with E-state index in [0.717, 1.165) is 0 Å². The first-order valence-corrected chi connectivity index (χ1v) is 8.13. The number of carbonyl (C=O) groups excluding carboxylic acids is 1. The average Bonchev–Trinajstić information content (AvgIpc) is 2.99. The van der Waals surface area contributed by atoms with Crippen LogP contribution in [0.4, 0.5) is 4.39 Å². The molecule has 0 aromatic heterocycles. The first-order valence-electron chi connectivity index (χ1n) is 7.38. The van der Waals surface area contributed by atoms with Crippen LogP contribution in [0.5, 0.6) is 0 Å². The first kappa shape index (κ1) is 16.5. The Bertz CT molecular complexity index is 641. The molecule has 1 aromatic carbocycles. The van der Waals surface area contributed by atoms with Crippen LogP contribution in [0.2, 0.25) is 10.0 Å². The summed E-state index contributed by atoms with van der Waals surface area (Å²) in [4.78, 5) is 17.4. The van der Waals surface area contributed by atoms with Gasteiger partial charge in [-0.25, -0.2) is 4.39 Å². The van der Waals surface area contributed by atoms with Gasteiger partial charge in [-0.3, -0.25) is 4.79 Å². The molecule has 1 amide bonds. The lowest BCUT2D eigenvalue weighted by molar-refractivity contribution is -0.132. The molecule has 0 bridgehead atoms. The maximum Gasteiger partial charge on any atom is 0.264 e. The van der Waals surface area contributed by atoms with Crippen LogP contribution in [0.25, 0.3) is 0 Å². The van der Waals surface area contributed by atoms with Gasteiger partial charge in [-0.2, -0.15) is 0 Å². The summed E-state index contributed by atoms with van der Waals surface area (Å²) in [7, 11) is 0. The standard InChI is InChI=1S/C15H16Cl2FN3O2/c16-8-1-2-9(10(17)5-8)13-6-14(23-21-13)15(22)20-12-3-4-19-7-11(12)18/h1-2,5,11-12,14,19H,3-4,6-7H2,(H,20,22). The van der Waals surface area contributed by atoms with E-state index in [2.05, 4.69) is 15.8 Å². The topological polar surface area (TPSA) is 62.7 Å². The number of piperidine rings is 1. The number of halogens is 3. The maximum absolute atomic E-state index is 13.8. The van der Waals surface area contributed by atoms with Crippen LogP contribution < -0.4 is 10.6 Å². The van der Waals surface area contributed by atoms with E-state index in [0.29, 0.717) is 34.3 Å². The largest absolute Gasteiger partial charge is 0.382 e. The number of nitrogens with zero attached hydrogens (tertiary/aromatic N) is 1. The van der Waals surface area contributed by atoms with E-state index in [1.54, 1.807) is 18.2 Å². The molecule has 2 heterocycles. The second kappa shape index (κ2) is 7.03. The molecule has 2 aliphatic heterocycles. The number of oxime groups is 1. The third kappa shape index (κ3) is 3.76. The van der Waals surface area contributed by atoms with E-state index in [4.69, 9.17) is 28.0 Å². The first-order chi connectivity index (χ1) is 11.0. The van der Waals surface area contributed by atoms with Crippen LogP contribution in [0.1, 0.15) is 18.4 Å². The van der Waals surface area contributed by atoms with Crippen molar-refractivity contribution in [3.63, 3.8) is 0 Å². The van der Waals surface area contributed by atoms with E-state index in [1.165, 1.54) is 0 Å². The van der Waals surface area contributed by atoms with Crippen LogP contribution in [-0.2, 0) is 9.63 Å². The lowest BCUT2D eigenvalue weighted by atomic mass is 10.0. The number of nitrogens with one attached hydrogen (secondary N) is 2. The van der Waals surface area contributed by atoms with Gasteiger partial charge in [0, 0.05) is 23.6 Å². The molecule has 5 nitrogen and oxygen atoms in total. The Morgan fingerprint density at radius 3 is 3.00 bits per heavy atom. The van der Waals surface area contributed by atoms with Crippen molar-refractivity contribution in [2.75, 3.05) is 13.1 Å². The Balaban J connectivity index is 1.61. The van der Waals surface area contributed by atoms with Crippen LogP contribution in [0.3, 0.4) is 0 Å². The predicted molar refractivity (Wildman–Crippen MR) is 86.8 cm³/mol. The summed E-state index contributed by atoms with van der Waals surface area (Å²) in [5.41, 5.74) is 1.26. The fourth-order valence-electron chi connectivity index (χ4n) is 2.66. The Hall–Kier alpha value is -1.37. The highest BCUT2D eigenvalue weighted by molar-refractivity contribution is 6.37. The van der Waals surface area contributed by atoms with Gasteiger partial charge in [0.25, 0.3) is 5.91 Å². The smallest absolute Gasteiger partial charge is 0.264 e. The van der Waals surface area contributed by atoms with E-state index in [-0.39, 0.29) is 18.9 Å². The number of benzene rings is 1. The van der Waals surface area contributed by atoms with Crippen molar-refractivity contribution in [2.24, 2.45) is 5.16 Å². The highest BCUT2D eigenvalue weighted by Gasteiger charge is 2.33. The van der Waals surface area contributed by atoms with Gasteiger partial charge in [-0.15, -0.1) is 0 Å². The van der Waals surface area contributed by atoms with Crippen molar-refractivity contribution in [2.45, 2.75) is 31.2 Å². The molecule has 3 rings (SSSR count). The summed E-state index contributed by atoms with van der Waals surface area (Å²) in [5.74, 6) is -0.358. The fourth-order valence-corrected chi connectivity index (χ4v) is 3.18. The molecule has 3 unspecified atom stereocenters. The Morgan fingerprint density at radius 1 is 1.43 bits per heavy atom. The zero-order valence-corrected chi connectivity index (χ0v) is 13.7. The molecule has 2 aliphatic rings. The lowest BCUT2D eigenvalue weighted by Gasteiger charge is -2.28. The minimum atomic E-state index is -1.10. The van der Waals surface area contributed by atoms with Gasteiger partial charge < -0.3 is 15.5 Å². The van der Waals surface area contributed by atoms with Gasteiger partial charge in [0.2, 0.25) is 6.10 Å². The van der Waals surface area contributed by atoms with Gasteiger partial charge >= 0.3 is 0 Å². The van der Waals surface area contributed by atoms with Crippen molar-refractivity contribution >= 4 is 34.8 Å². The van der Waals surface area contributed by atoms with Crippen LogP contribution >= 0.6 is 23.2 Å². The third-order valence-corrected chi connectivity index (χ3v) is 4.49. The average molecular weight is 360 g/mol. The lowest BCUT2D eigenvalue weighted by Crippen LogP contribution is -2.53. The normalized spacial score (nSPS) is 27.3. The van der Waals surface area contributed by atoms with Crippen molar-refractivity contribution in [3.8, 4) is 0 Å². The second-order valence-electron chi connectivity index (χ2n) is 5.58. The molecule has 1 fully saturated rings. The minimum Gasteiger partial charge on any atom is -0.382 e. The van der Waals surface area contributed by atoms with Gasteiger partial charge in [0.05, 0.1) is 16.8 Å². The van der Waals surface area contributed by atoms with E-state index in [9.17, 15) is 9.18 Å². The second-order valence-corrected chi connectivity index (χ2v) is 6.43. The highest BCUT2D eigenvalue weighted by Crippen LogP contribution is 2.26. The zero-order chi connectivity index (χ0) is 16.4. The quantitative estimate of drug-likeness (QED) is 0.870. The highest BCUT2D eigenvalue weighted by atomic mass is 35.5. The van der Waals surface area contributed by atoms with Crippen molar-refractivity contribution in [1.82, 2.24) is 10.6 Å². The van der Waals surface area contributed by atoms with Crippen molar-refractivity contribution in [1.29, 1.82) is 0 Å². The number of alkyl halides is 1. The minimum absolute atomic E-state index is 0.249. The molecule has 8 heteroatoms. The summed E-state index contributed by atoms with van der Waals surface area (Å²) < 4.78 is 13.8. The van der Waals surface area contributed by atoms with E-state index in [1.807, 2.05) is 0 Å². The summed E-state index contributed by atoms with van der Waals surface area (Å²) in [6.07, 6.45) is -1.02. The summed E-state index contributed by atoms with van der Waals surface area (Å²) in [6.45, 7) is 0.928. The molecular weight excluding hydrogens is 344 g/mol. The van der Waals surface area contributed by atoms with E-state index >= 15 is 0 Å². The molecule has 2 N–H and O–H groups in total. The van der Waals surface area contributed by atoms with Crippen molar-refractivity contribution < 1.29 is 14.0 Å². The Kier molecular flexibility index (Phi) is 5.04. The zero-order valence-electron chi connectivity index (χ0n) is 12.2. The maximum atomic E-state index is 13.8. The van der Waals surface area contributed by atoms with Crippen LogP contribution in [-0.4, -0.2) is 43.0 Å². The SMILES string of the molecule is O=C(NC1CCNCC1F)C1CC(c2ccc(Cl)cc2Cl)=NO1. The number of amides is 1. The van der Waals surface area contributed by atoms with E-state index < -0.39 is 18.3 Å². The number of hydrogen-bond acceptors (Lipinski definition) is 4. The Morgan fingerprint density at radius 2 is 2.26 bits per heavy atom. The molecule has 1 saturated heterocycles. The molecule has 124 valence electrons. The fraction of sp³-hybridized carbons (Fsp3) is 0.467. The molecule has 0 aliphatic carbocycles. The van der Waals surface area contributed by atoms with Crippen molar-refractivity contribution in [3.05, 3.63) is 33.8 Å². The molecule has 1 aromatic rings. The molecular formula is C15H16Cl2FN3O2. The monoisotopic (exact) mass is 359 g/mol. The van der Waals surface area contributed by atoms with Crippen LogP contribution in [0, 0.1) is 0 Å². The number of hydrogen-bond donors (Lipinski definition) is 2. The van der Waals surface area contributed by atoms with Gasteiger partial charge in [0.15, 0.2) is 0 Å². The summed E-state index contributed by atoms with van der Waals surface area (Å²) >= 11 is 12.0. The summed E-state index contributed by atoms with van der Waals surface area (Å²) in [5, 5.41) is 10.5. The number of carbonyl (C=O) groups is 1. The molecule has 0 radical (unpaired) electrons. The Labute approximate surface area is 143 Å². The predicted octanol–water partition coefficient (Wildman–Crippen LogP) is 2.30. The molecule has 23 heavy (non-hydrogen) atoms. The molecule has 0 spiro atoms. The number of rotatable bonds is 3. The molecule has 3 atom stereocenters. The summed E-state index contributed by atoms with van der Waals surface area (Å²) in [6, 6.07) is 4.55. The van der Waals surface area contributed by atoms with Gasteiger partial charge in [-0.1, -0.05) is 34.4 Å².